The summed E-state index contributed by atoms with van der Waals surface area (Å²) in [4.78, 5) is 31.8. The van der Waals surface area contributed by atoms with Gasteiger partial charge in [-0.25, -0.2) is 0 Å². The Hall–Kier alpha value is -3.67. The van der Waals surface area contributed by atoms with E-state index in [0.717, 1.165) is 59.3 Å². The third-order valence-corrected chi connectivity index (χ3v) is 6.14. The van der Waals surface area contributed by atoms with Gasteiger partial charge in [0.25, 0.3) is 5.91 Å². The predicted octanol–water partition coefficient (Wildman–Crippen LogP) is 4.47. The first-order valence-corrected chi connectivity index (χ1v) is 10.6. The first-order chi connectivity index (χ1) is 15.1. The van der Waals surface area contributed by atoms with Crippen molar-refractivity contribution in [2.75, 3.05) is 5.32 Å². The molecule has 0 radical (unpaired) electrons. The second kappa shape index (κ2) is 7.87. The molecule has 0 fully saturated rings. The van der Waals surface area contributed by atoms with Crippen LogP contribution in [0, 0.1) is 0 Å². The molecule has 6 heteroatoms. The van der Waals surface area contributed by atoms with Crippen LogP contribution in [0.2, 0.25) is 0 Å². The largest absolute Gasteiger partial charge is 0.481 e. The molecule has 31 heavy (non-hydrogen) atoms. The lowest BCUT2D eigenvalue weighted by molar-refractivity contribution is -0.137. The van der Waals surface area contributed by atoms with Gasteiger partial charge in [0.2, 0.25) is 0 Å². The number of H-pyrrole nitrogens is 1. The lowest BCUT2D eigenvalue weighted by atomic mass is 9.91. The third-order valence-electron chi connectivity index (χ3n) is 6.14. The lowest BCUT2D eigenvalue weighted by Gasteiger charge is -2.12. The van der Waals surface area contributed by atoms with Gasteiger partial charge in [0.05, 0.1) is 5.57 Å². The number of carbonyl (C=O) groups excluding carboxylic acids is 1. The lowest BCUT2D eigenvalue weighted by Crippen LogP contribution is -2.05. The van der Waals surface area contributed by atoms with Gasteiger partial charge < -0.3 is 15.4 Å². The van der Waals surface area contributed by atoms with E-state index >= 15 is 0 Å². The zero-order chi connectivity index (χ0) is 21.4. The Morgan fingerprint density at radius 1 is 1.13 bits per heavy atom. The maximum atomic E-state index is 12.9. The van der Waals surface area contributed by atoms with Crippen LogP contribution in [0.4, 0.5) is 5.69 Å². The smallest absolute Gasteiger partial charge is 0.303 e. The quantitative estimate of drug-likeness (QED) is 0.538. The van der Waals surface area contributed by atoms with E-state index in [1.165, 1.54) is 11.3 Å². The van der Waals surface area contributed by atoms with E-state index in [9.17, 15) is 14.7 Å². The van der Waals surface area contributed by atoms with Crippen molar-refractivity contribution in [3.05, 3.63) is 70.8 Å². The van der Waals surface area contributed by atoms with Gasteiger partial charge in [-0.2, -0.15) is 0 Å². The van der Waals surface area contributed by atoms with Gasteiger partial charge in [-0.05, 0) is 78.6 Å². The summed E-state index contributed by atoms with van der Waals surface area (Å²) < 4.78 is 0. The second-order valence-corrected chi connectivity index (χ2v) is 8.05. The Labute approximate surface area is 180 Å². The molecule has 156 valence electrons. The van der Waals surface area contributed by atoms with Gasteiger partial charge in [-0.15, -0.1) is 0 Å². The van der Waals surface area contributed by atoms with Crippen LogP contribution in [0.1, 0.15) is 47.3 Å². The van der Waals surface area contributed by atoms with Crippen LogP contribution in [-0.2, 0) is 28.9 Å². The third kappa shape index (κ3) is 3.54. The number of anilines is 1. The Morgan fingerprint density at radius 3 is 2.74 bits per heavy atom. The number of aromatic amines is 1. The SMILES string of the molecule is O=C(O)CCc1c(/C=C2\C(=O)Nc3cccc(-c4ccncc4)c32)[nH]c2c1CCCC2. The number of carboxylic acids is 1. The van der Waals surface area contributed by atoms with Crippen LogP contribution in [0.25, 0.3) is 22.8 Å². The van der Waals surface area contributed by atoms with Crippen molar-refractivity contribution in [2.24, 2.45) is 0 Å². The normalized spacial score (nSPS) is 16.1. The van der Waals surface area contributed by atoms with Crippen LogP contribution < -0.4 is 5.32 Å². The van der Waals surface area contributed by atoms with Crippen molar-refractivity contribution in [1.82, 2.24) is 9.97 Å². The zero-order valence-corrected chi connectivity index (χ0v) is 17.1. The molecule has 0 unspecified atom stereocenters. The molecule has 0 bridgehead atoms. The molecular weight excluding hydrogens is 390 g/mol. The van der Waals surface area contributed by atoms with E-state index < -0.39 is 5.97 Å². The fourth-order valence-corrected chi connectivity index (χ4v) is 4.72. The van der Waals surface area contributed by atoms with E-state index in [1.54, 1.807) is 12.4 Å². The van der Waals surface area contributed by atoms with Crippen molar-refractivity contribution in [3.8, 4) is 11.1 Å². The van der Waals surface area contributed by atoms with Crippen molar-refractivity contribution >= 4 is 29.2 Å². The van der Waals surface area contributed by atoms with Crippen molar-refractivity contribution in [1.29, 1.82) is 0 Å². The van der Waals surface area contributed by atoms with Crippen LogP contribution >= 0.6 is 0 Å². The monoisotopic (exact) mass is 413 g/mol. The molecule has 6 nitrogen and oxygen atoms in total. The molecule has 1 amide bonds. The van der Waals surface area contributed by atoms with Crippen LogP contribution in [-0.4, -0.2) is 27.0 Å². The first-order valence-electron chi connectivity index (χ1n) is 10.6. The number of fused-ring (bicyclic) bond motifs is 2. The van der Waals surface area contributed by atoms with Crippen LogP contribution in [0.5, 0.6) is 0 Å². The summed E-state index contributed by atoms with van der Waals surface area (Å²) in [7, 11) is 0. The second-order valence-electron chi connectivity index (χ2n) is 8.05. The van der Waals surface area contributed by atoms with E-state index in [1.807, 2.05) is 36.4 Å². The number of pyridine rings is 1. The number of aliphatic carboxylic acids is 1. The van der Waals surface area contributed by atoms with E-state index in [2.05, 4.69) is 15.3 Å². The average molecular weight is 413 g/mol. The van der Waals surface area contributed by atoms with Crippen LogP contribution in [0.3, 0.4) is 0 Å². The van der Waals surface area contributed by atoms with Gasteiger partial charge >= 0.3 is 5.97 Å². The number of aryl methyl sites for hydroxylation is 1. The van der Waals surface area contributed by atoms with Gasteiger partial charge in [-0.1, -0.05) is 12.1 Å². The van der Waals surface area contributed by atoms with E-state index in [4.69, 9.17) is 0 Å². The number of nitrogens with zero attached hydrogens (tertiary/aromatic N) is 1. The van der Waals surface area contributed by atoms with Gasteiger partial charge in [0.1, 0.15) is 0 Å². The fraction of sp³-hybridized carbons (Fsp3) is 0.240. The molecule has 0 saturated carbocycles. The Bertz CT molecular complexity index is 1210. The minimum absolute atomic E-state index is 0.0749. The molecule has 3 heterocycles. The molecule has 1 aromatic carbocycles. The summed E-state index contributed by atoms with van der Waals surface area (Å²) in [5.74, 6) is -0.957. The Kier molecular flexibility index (Phi) is 4.90. The van der Waals surface area contributed by atoms with Gasteiger partial charge in [0.15, 0.2) is 0 Å². The van der Waals surface area contributed by atoms with Crippen LogP contribution in [0.15, 0.2) is 42.7 Å². The molecule has 3 N–H and O–H groups in total. The Balaban J connectivity index is 1.65. The van der Waals surface area contributed by atoms with Crippen molar-refractivity contribution < 1.29 is 14.7 Å². The number of hydrogen-bond donors (Lipinski definition) is 3. The maximum absolute atomic E-state index is 12.9. The number of aromatic nitrogens is 2. The molecule has 2 aliphatic rings. The van der Waals surface area contributed by atoms with E-state index in [-0.39, 0.29) is 12.3 Å². The number of nitrogens with one attached hydrogen (secondary N) is 2. The molecule has 0 saturated heterocycles. The molecule has 0 atom stereocenters. The molecule has 1 aliphatic carbocycles. The number of benzene rings is 1. The van der Waals surface area contributed by atoms with Gasteiger partial charge in [0, 0.05) is 41.5 Å². The molecule has 0 spiro atoms. The fourth-order valence-electron chi connectivity index (χ4n) is 4.72. The van der Waals surface area contributed by atoms with E-state index in [0.29, 0.717) is 12.0 Å². The highest BCUT2D eigenvalue weighted by atomic mass is 16.4. The molecule has 2 aromatic heterocycles. The maximum Gasteiger partial charge on any atom is 0.303 e. The molecule has 1 aliphatic heterocycles. The Morgan fingerprint density at radius 2 is 1.94 bits per heavy atom. The highest BCUT2D eigenvalue weighted by Gasteiger charge is 2.28. The summed E-state index contributed by atoms with van der Waals surface area (Å²) in [5, 5.41) is 12.2. The topological polar surface area (TPSA) is 95.1 Å². The summed E-state index contributed by atoms with van der Waals surface area (Å²) in [6.45, 7) is 0. The van der Waals surface area contributed by atoms with Crippen molar-refractivity contribution in [2.45, 2.75) is 38.5 Å². The number of carboxylic acid groups (broad SMARTS) is 1. The van der Waals surface area contributed by atoms with Gasteiger partial charge in [-0.3, -0.25) is 14.6 Å². The minimum Gasteiger partial charge on any atom is -0.481 e. The number of rotatable bonds is 5. The minimum atomic E-state index is -0.812. The number of carbonyl (C=O) groups is 2. The highest BCUT2D eigenvalue weighted by Crippen LogP contribution is 2.41. The summed E-state index contributed by atoms with van der Waals surface area (Å²) in [6, 6.07) is 9.71. The first kappa shape index (κ1) is 19.3. The molecular formula is C25H23N3O3. The zero-order valence-electron chi connectivity index (χ0n) is 17.1. The average Bonchev–Trinajstić information content (AvgIpc) is 3.29. The highest BCUT2D eigenvalue weighted by molar-refractivity contribution is 6.36. The summed E-state index contributed by atoms with van der Waals surface area (Å²) in [6.07, 6.45) is 10.1. The number of hydrogen-bond acceptors (Lipinski definition) is 3. The number of amides is 1. The summed E-state index contributed by atoms with van der Waals surface area (Å²) >= 11 is 0. The van der Waals surface area contributed by atoms with Crippen molar-refractivity contribution in [3.63, 3.8) is 0 Å². The summed E-state index contributed by atoms with van der Waals surface area (Å²) in [5.41, 5.74) is 8.52. The standard InChI is InChI=1S/C25H23N3O3/c29-23(30)9-8-18-17-4-1-2-6-20(17)27-22(18)14-19-24-16(15-10-12-26-13-11-15)5-3-7-21(24)28-25(19)31/h3,5,7,10-14,27H,1-2,4,6,8-9H2,(H,28,31)(H,29,30)/b19-14-. The predicted molar refractivity (Wildman–Crippen MR) is 120 cm³/mol. The molecule has 5 rings (SSSR count). The molecule has 3 aromatic rings.